The topological polar surface area (TPSA) is 106 Å². The third kappa shape index (κ3) is 1.72. The first-order valence-electron chi connectivity index (χ1n) is 7.96. The number of benzene rings is 3. The lowest BCUT2D eigenvalue weighted by atomic mass is 9.87. The summed E-state index contributed by atoms with van der Waals surface area (Å²) in [4.78, 5) is 27.5. The number of ether oxygens (including phenoxy) is 1. The van der Waals surface area contributed by atoms with E-state index in [-0.39, 0.29) is 54.1 Å². The van der Waals surface area contributed by atoms with Gasteiger partial charge in [-0.25, -0.2) is 22.9 Å². The van der Waals surface area contributed by atoms with Crippen molar-refractivity contribution >= 4 is 38.2 Å². The van der Waals surface area contributed by atoms with Crippen molar-refractivity contribution in [3.8, 4) is 17.2 Å². The number of fused-ring (bicyclic) bond motifs is 2. The molecule has 2 aliphatic heterocycles. The molecule has 0 spiro atoms. The van der Waals surface area contributed by atoms with Crippen molar-refractivity contribution in [2.24, 2.45) is 0 Å². The van der Waals surface area contributed by atoms with E-state index in [9.17, 15) is 23.3 Å². The van der Waals surface area contributed by atoms with E-state index >= 15 is 0 Å². The Morgan fingerprint density at radius 2 is 1.68 bits per heavy atom. The number of sulfone groups is 1. The minimum absolute atomic E-state index is 0.0309. The highest BCUT2D eigenvalue weighted by Crippen LogP contribution is 2.51. The molecule has 3 aromatic rings. The standard InChI is InChI=1S/C20H6N2O5S/c1-22-13-7-12-16-11(19(23)27-20(12)24)6-9(8-21)15-10-4-2-3-5-14(10)28(25,26)18(13)17(15)16/h2-7H. The van der Waals surface area contributed by atoms with Crippen molar-refractivity contribution in [1.29, 1.82) is 5.26 Å². The van der Waals surface area contributed by atoms with Gasteiger partial charge in [-0.1, -0.05) is 18.2 Å². The highest BCUT2D eigenvalue weighted by Gasteiger charge is 2.40. The summed E-state index contributed by atoms with van der Waals surface area (Å²) in [6.07, 6.45) is 0. The van der Waals surface area contributed by atoms with Crippen molar-refractivity contribution in [2.75, 3.05) is 0 Å². The summed E-state index contributed by atoms with van der Waals surface area (Å²) >= 11 is 0. The van der Waals surface area contributed by atoms with Crippen LogP contribution in [0.4, 0.5) is 5.69 Å². The molecule has 2 heterocycles. The number of cyclic esters (lactones) is 2. The predicted octanol–water partition coefficient (Wildman–Crippen LogP) is 3.39. The van der Waals surface area contributed by atoms with Crippen LogP contribution in [0.3, 0.4) is 0 Å². The van der Waals surface area contributed by atoms with E-state index in [1.54, 1.807) is 18.2 Å². The summed E-state index contributed by atoms with van der Waals surface area (Å²) in [6.45, 7) is 7.44. The minimum Gasteiger partial charge on any atom is -0.386 e. The molecule has 3 aromatic carbocycles. The molecule has 132 valence electrons. The number of carbonyl (C=O) groups excluding carboxylic acids is 2. The van der Waals surface area contributed by atoms with E-state index in [1.807, 2.05) is 6.07 Å². The summed E-state index contributed by atoms with van der Waals surface area (Å²) in [5, 5.41) is 9.81. The fraction of sp³-hybridized carbons (Fsp3) is 0. The number of rotatable bonds is 0. The van der Waals surface area contributed by atoms with Crippen molar-refractivity contribution in [3.63, 3.8) is 0 Å². The summed E-state index contributed by atoms with van der Waals surface area (Å²) in [5.74, 6) is -1.92. The monoisotopic (exact) mass is 386 g/mol. The third-order valence-electron chi connectivity index (χ3n) is 4.92. The van der Waals surface area contributed by atoms with E-state index in [4.69, 9.17) is 11.3 Å². The Hall–Kier alpha value is -4.01. The Morgan fingerprint density at radius 3 is 2.36 bits per heavy atom. The van der Waals surface area contributed by atoms with Crippen LogP contribution in [0.15, 0.2) is 46.2 Å². The average Bonchev–Trinajstić information content (AvgIpc) is 2.69. The van der Waals surface area contributed by atoms with Crippen LogP contribution in [-0.4, -0.2) is 20.4 Å². The molecule has 0 aliphatic carbocycles. The third-order valence-corrected chi connectivity index (χ3v) is 6.80. The first-order chi connectivity index (χ1) is 13.4. The maximum absolute atomic E-state index is 13.3. The zero-order valence-electron chi connectivity index (χ0n) is 13.8. The van der Waals surface area contributed by atoms with Crippen LogP contribution in [0, 0.1) is 17.9 Å². The molecule has 0 N–H and O–H groups in total. The van der Waals surface area contributed by atoms with Crippen LogP contribution >= 0.6 is 0 Å². The lowest BCUT2D eigenvalue weighted by Gasteiger charge is -2.26. The van der Waals surface area contributed by atoms with Crippen molar-refractivity contribution in [3.05, 3.63) is 64.5 Å². The lowest BCUT2D eigenvalue weighted by Crippen LogP contribution is -2.22. The largest absolute Gasteiger partial charge is 0.386 e. The normalized spacial score (nSPS) is 15.4. The van der Waals surface area contributed by atoms with Crippen LogP contribution in [0.1, 0.15) is 26.3 Å². The number of hydrogen-bond acceptors (Lipinski definition) is 6. The van der Waals surface area contributed by atoms with Crippen LogP contribution in [0.2, 0.25) is 0 Å². The number of nitriles is 1. The van der Waals surface area contributed by atoms with E-state index in [0.717, 1.165) is 6.07 Å². The van der Waals surface area contributed by atoms with E-state index < -0.39 is 21.8 Å². The Bertz CT molecular complexity index is 1480. The predicted molar refractivity (Wildman–Crippen MR) is 95.6 cm³/mol. The minimum atomic E-state index is -4.11. The van der Waals surface area contributed by atoms with Gasteiger partial charge >= 0.3 is 11.9 Å². The van der Waals surface area contributed by atoms with Gasteiger partial charge in [-0.05, 0) is 18.2 Å². The van der Waals surface area contributed by atoms with Gasteiger partial charge in [0.2, 0.25) is 5.69 Å². The fourth-order valence-corrected chi connectivity index (χ4v) is 5.64. The molecule has 0 unspecified atom stereocenters. The van der Waals surface area contributed by atoms with Gasteiger partial charge in [0.25, 0.3) is 0 Å². The molecule has 2 aliphatic rings. The molecular formula is C20H6N2O5S. The molecule has 0 bridgehead atoms. The maximum atomic E-state index is 13.3. The van der Waals surface area contributed by atoms with Gasteiger partial charge in [0.05, 0.1) is 39.1 Å². The Kier molecular flexibility index (Phi) is 2.91. The molecule has 0 amide bonds. The SMILES string of the molecule is [C-]#[N+]c1cc2c3c(cc(C#N)c4c3c1S(=O)(=O)c1ccccc1-4)C(=O)OC2=O. The van der Waals surface area contributed by atoms with Gasteiger partial charge in [-0.3, -0.25) is 0 Å². The molecule has 0 radical (unpaired) electrons. The first-order valence-corrected chi connectivity index (χ1v) is 9.44. The molecule has 0 saturated carbocycles. The van der Waals surface area contributed by atoms with Crippen molar-refractivity contribution in [2.45, 2.75) is 9.79 Å². The molecule has 0 atom stereocenters. The maximum Gasteiger partial charge on any atom is 0.346 e. The smallest absolute Gasteiger partial charge is 0.346 e. The second-order valence-electron chi connectivity index (χ2n) is 6.27. The lowest BCUT2D eigenvalue weighted by molar-refractivity contribution is 0.0391. The quantitative estimate of drug-likeness (QED) is 0.261. The molecular weight excluding hydrogens is 380 g/mol. The van der Waals surface area contributed by atoms with Crippen LogP contribution in [-0.2, 0) is 14.6 Å². The average molecular weight is 386 g/mol. The molecule has 0 fully saturated rings. The van der Waals surface area contributed by atoms with Crippen LogP contribution in [0.5, 0.6) is 0 Å². The summed E-state index contributed by atoms with van der Waals surface area (Å²) < 4.78 is 31.4. The Labute approximate surface area is 158 Å². The number of nitrogens with zero attached hydrogens (tertiary/aromatic N) is 2. The van der Waals surface area contributed by atoms with Gasteiger partial charge in [-0.15, -0.1) is 0 Å². The molecule has 7 nitrogen and oxygen atoms in total. The second-order valence-corrected chi connectivity index (χ2v) is 8.12. The molecule has 0 aromatic heterocycles. The Morgan fingerprint density at radius 1 is 1.00 bits per heavy atom. The van der Waals surface area contributed by atoms with Crippen LogP contribution < -0.4 is 0 Å². The number of carbonyl (C=O) groups is 2. The Balaban J connectivity index is 2.21. The molecule has 28 heavy (non-hydrogen) atoms. The fourth-order valence-electron chi connectivity index (χ4n) is 3.85. The van der Waals surface area contributed by atoms with Gasteiger partial charge in [0, 0.05) is 21.9 Å². The zero-order valence-corrected chi connectivity index (χ0v) is 14.6. The number of hydrogen-bond donors (Lipinski definition) is 0. The highest BCUT2D eigenvalue weighted by molar-refractivity contribution is 7.92. The van der Waals surface area contributed by atoms with E-state index in [2.05, 4.69) is 4.85 Å². The van der Waals surface area contributed by atoms with E-state index in [1.165, 1.54) is 12.1 Å². The number of esters is 2. The van der Waals surface area contributed by atoms with Gasteiger partial charge in [-0.2, -0.15) is 5.26 Å². The summed E-state index contributed by atoms with van der Waals surface area (Å²) in [5.41, 5.74) is 0.237. The summed E-state index contributed by atoms with van der Waals surface area (Å²) in [6, 6.07) is 10.6. The zero-order chi connectivity index (χ0) is 19.8. The van der Waals surface area contributed by atoms with Gasteiger partial charge < -0.3 is 4.74 Å². The second kappa shape index (κ2) is 5.03. The van der Waals surface area contributed by atoms with Gasteiger partial charge in [0.15, 0.2) is 9.84 Å². The van der Waals surface area contributed by atoms with Crippen LogP contribution in [0.25, 0.3) is 26.7 Å². The van der Waals surface area contributed by atoms with E-state index in [0.29, 0.717) is 0 Å². The summed E-state index contributed by atoms with van der Waals surface area (Å²) in [7, 11) is -4.11. The first kappa shape index (κ1) is 16.2. The molecule has 5 rings (SSSR count). The highest BCUT2D eigenvalue weighted by atomic mass is 32.2. The molecule has 8 heteroatoms. The van der Waals surface area contributed by atoms with Crippen molar-refractivity contribution in [1.82, 2.24) is 0 Å². The molecule has 0 saturated heterocycles. The van der Waals surface area contributed by atoms with Gasteiger partial charge in [0.1, 0.15) is 0 Å². The van der Waals surface area contributed by atoms with Crippen molar-refractivity contribution < 1.29 is 22.7 Å².